The van der Waals surface area contributed by atoms with Crippen LogP contribution >= 0.6 is 0 Å². The number of benzene rings is 1. The first-order valence-corrected chi connectivity index (χ1v) is 6.30. The molecule has 0 aliphatic rings. The smallest absolute Gasteiger partial charge is 0.113 e. The Bertz CT molecular complexity index is 464. The molecule has 0 spiro atoms. The third kappa shape index (κ3) is 4.22. The van der Waals surface area contributed by atoms with Crippen LogP contribution in [0.25, 0.3) is 10.9 Å². The summed E-state index contributed by atoms with van der Waals surface area (Å²) in [5.74, 6) is 0. The number of fused-ring (bicyclic) bond motifs is 1. The molecule has 17 heavy (non-hydrogen) atoms. The van der Waals surface area contributed by atoms with Crippen LogP contribution in [-0.2, 0) is 0 Å². The molecule has 0 aliphatic carbocycles. The lowest BCUT2D eigenvalue weighted by atomic mass is 9.95. The van der Waals surface area contributed by atoms with Crippen molar-refractivity contribution in [2.75, 3.05) is 0 Å². The van der Waals surface area contributed by atoms with Gasteiger partial charge in [-0.1, -0.05) is 45.3 Å². The second-order valence-electron chi connectivity index (χ2n) is 3.34. The Balaban J connectivity index is 0.000000581. The molecular formula is C15H22BN. The fraction of sp³-hybridized carbons (Fsp3) is 0.400. The maximum atomic E-state index is 5.67. The highest BCUT2D eigenvalue weighted by atomic mass is 14.7. The van der Waals surface area contributed by atoms with Gasteiger partial charge in [0.25, 0.3) is 0 Å². The summed E-state index contributed by atoms with van der Waals surface area (Å²) in [5.41, 5.74) is 4.03. The standard InChI is InChI=1S/C11H10BN.2C2H6/c1-7-5-9-3-4-10(12)6-11(9)13-8(7)2;2*1-2/h3-6H,1-2H3;2*1-2H3. The molecule has 0 amide bonds. The lowest BCUT2D eigenvalue weighted by Gasteiger charge is -2.03. The highest BCUT2D eigenvalue weighted by molar-refractivity contribution is 6.33. The van der Waals surface area contributed by atoms with Crippen molar-refractivity contribution in [2.24, 2.45) is 0 Å². The first-order valence-electron chi connectivity index (χ1n) is 6.30. The van der Waals surface area contributed by atoms with Crippen LogP contribution in [0, 0.1) is 13.8 Å². The molecule has 1 nitrogen and oxygen atoms in total. The van der Waals surface area contributed by atoms with Crippen LogP contribution in [-0.4, -0.2) is 12.8 Å². The summed E-state index contributed by atoms with van der Waals surface area (Å²) in [6, 6.07) is 7.95. The zero-order valence-electron chi connectivity index (χ0n) is 11.8. The van der Waals surface area contributed by atoms with Crippen molar-refractivity contribution >= 4 is 24.2 Å². The first-order chi connectivity index (χ1) is 8.16. The maximum absolute atomic E-state index is 5.67. The van der Waals surface area contributed by atoms with Crippen molar-refractivity contribution in [1.29, 1.82) is 0 Å². The van der Waals surface area contributed by atoms with Crippen molar-refractivity contribution in [3.8, 4) is 0 Å². The van der Waals surface area contributed by atoms with E-state index in [4.69, 9.17) is 7.85 Å². The Morgan fingerprint density at radius 3 is 2.12 bits per heavy atom. The van der Waals surface area contributed by atoms with Gasteiger partial charge in [-0.25, -0.2) is 0 Å². The largest absolute Gasteiger partial charge is 0.253 e. The van der Waals surface area contributed by atoms with E-state index < -0.39 is 0 Å². The molecule has 90 valence electrons. The van der Waals surface area contributed by atoms with E-state index in [2.05, 4.69) is 18.0 Å². The van der Waals surface area contributed by atoms with E-state index in [-0.39, 0.29) is 0 Å². The molecule has 0 atom stereocenters. The van der Waals surface area contributed by atoms with Crippen LogP contribution in [0.2, 0.25) is 0 Å². The van der Waals surface area contributed by atoms with Gasteiger partial charge in [-0.2, -0.15) is 0 Å². The van der Waals surface area contributed by atoms with E-state index in [9.17, 15) is 0 Å². The summed E-state index contributed by atoms with van der Waals surface area (Å²) in [4.78, 5) is 4.46. The lowest BCUT2D eigenvalue weighted by molar-refractivity contribution is 1.20. The van der Waals surface area contributed by atoms with Gasteiger partial charge in [0.05, 0.1) is 5.52 Å². The summed E-state index contributed by atoms with van der Waals surface area (Å²) in [6.07, 6.45) is 0. The summed E-state index contributed by atoms with van der Waals surface area (Å²) in [5, 5.41) is 1.15. The molecule has 2 rings (SSSR count). The summed E-state index contributed by atoms with van der Waals surface area (Å²) < 4.78 is 0. The van der Waals surface area contributed by atoms with Gasteiger partial charge < -0.3 is 0 Å². The van der Waals surface area contributed by atoms with Gasteiger partial charge in [0.2, 0.25) is 0 Å². The van der Waals surface area contributed by atoms with Crippen LogP contribution in [0.1, 0.15) is 39.0 Å². The van der Waals surface area contributed by atoms with Crippen LogP contribution in [0.4, 0.5) is 0 Å². The molecule has 0 aliphatic heterocycles. The minimum absolute atomic E-state index is 0.767. The number of aryl methyl sites for hydroxylation is 2. The van der Waals surface area contributed by atoms with Crippen LogP contribution in [0.3, 0.4) is 0 Å². The molecule has 0 N–H and O–H groups in total. The normalized spacial score (nSPS) is 8.82. The molecule has 0 bridgehead atoms. The topological polar surface area (TPSA) is 12.9 Å². The van der Waals surface area contributed by atoms with Crippen LogP contribution in [0.15, 0.2) is 24.3 Å². The van der Waals surface area contributed by atoms with Crippen molar-refractivity contribution < 1.29 is 0 Å². The number of hydrogen-bond acceptors (Lipinski definition) is 1. The van der Waals surface area contributed by atoms with E-state index in [1.54, 1.807) is 0 Å². The van der Waals surface area contributed by atoms with Gasteiger partial charge >= 0.3 is 0 Å². The predicted octanol–water partition coefficient (Wildman–Crippen LogP) is 3.70. The minimum Gasteiger partial charge on any atom is -0.253 e. The molecule has 1 heterocycles. The second-order valence-corrected chi connectivity index (χ2v) is 3.34. The number of hydrogen-bond donors (Lipinski definition) is 0. The Kier molecular flexibility index (Phi) is 7.28. The molecule has 0 saturated carbocycles. The quantitative estimate of drug-likeness (QED) is 0.625. The Morgan fingerprint density at radius 2 is 1.53 bits per heavy atom. The molecule has 2 heteroatoms. The highest BCUT2D eigenvalue weighted by Crippen LogP contribution is 2.13. The predicted molar refractivity (Wildman–Crippen MR) is 79.3 cm³/mol. The van der Waals surface area contributed by atoms with Crippen molar-refractivity contribution in [3.05, 3.63) is 35.5 Å². The molecule has 0 unspecified atom stereocenters. The average Bonchev–Trinajstić information content (AvgIpc) is 2.36. The van der Waals surface area contributed by atoms with E-state index in [0.717, 1.165) is 22.1 Å². The summed E-state index contributed by atoms with van der Waals surface area (Å²) in [7, 11) is 5.67. The number of rotatable bonds is 0. The van der Waals surface area contributed by atoms with Crippen molar-refractivity contribution in [2.45, 2.75) is 41.5 Å². The average molecular weight is 227 g/mol. The van der Waals surface area contributed by atoms with E-state index in [0.29, 0.717) is 0 Å². The van der Waals surface area contributed by atoms with Gasteiger partial charge in [-0.05, 0) is 31.5 Å². The highest BCUT2D eigenvalue weighted by Gasteiger charge is 1.98. The third-order valence-electron chi connectivity index (χ3n) is 2.29. The Hall–Kier alpha value is -1.31. The Morgan fingerprint density at radius 1 is 0.941 bits per heavy atom. The summed E-state index contributed by atoms with van der Waals surface area (Å²) in [6.45, 7) is 12.1. The van der Waals surface area contributed by atoms with Crippen LogP contribution < -0.4 is 5.46 Å². The fourth-order valence-electron chi connectivity index (χ4n) is 1.39. The summed E-state index contributed by atoms with van der Waals surface area (Å²) >= 11 is 0. The van der Waals surface area contributed by atoms with Gasteiger partial charge in [0.15, 0.2) is 0 Å². The van der Waals surface area contributed by atoms with Crippen molar-refractivity contribution in [1.82, 2.24) is 4.98 Å². The monoisotopic (exact) mass is 227 g/mol. The lowest BCUT2D eigenvalue weighted by Crippen LogP contribution is -2.01. The van der Waals surface area contributed by atoms with Gasteiger partial charge in [-0.3, -0.25) is 4.98 Å². The molecule has 2 radical (unpaired) electrons. The first kappa shape index (κ1) is 15.7. The fourth-order valence-corrected chi connectivity index (χ4v) is 1.39. The molecular weight excluding hydrogens is 205 g/mol. The molecule has 0 fully saturated rings. The van der Waals surface area contributed by atoms with E-state index >= 15 is 0 Å². The van der Waals surface area contributed by atoms with Gasteiger partial charge in [0.1, 0.15) is 7.85 Å². The minimum atomic E-state index is 0.767. The second kappa shape index (κ2) is 7.89. The molecule has 2 aromatic rings. The number of aromatic nitrogens is 1. The molecule has 1 aromatic carbocycles. The van der Waals surface area contributed by atoms with Gasteiger partial charge in [0, 0.05) is 11.1 Å². The zero-order chi connectivity index (χ0) is 13.4. The SMILES string of the molecule is CC.CC.[B]c1ccc2cc(C)c(C)nc2c1. The molecule has 1 aromatic heterocycles. The molecule has 0 saturated heterocycles. The maximum Gasteiger partial charge on any atom is 0.113 e. The number of nitrogens with zero attached hydrogens (tertiary/aromatic N) is 1. The zero-order valence-corrected chi connectivity index (χ0v) is 11.8. The van der Waals surface area contributed by atoms with Gasteiger partial charge in [-0.15, -0.1) is 0 Å². The van der Waals surface area contributed by atoms with E-state index in [1.165, 1.54) is 5.56 Å². The van der Waals surface area contributed by atoms with Crippen LogP contribution in [0.5, 0.6) is 0 Å². The number of pyridine rings is 1. The van der Waals surface area contributed by atoms with E-state index in [1.807, 2.05) is 52.8 Å². The third-order valence-corrected chi connectivity index (χ3v) is 2.29. The Labute approximate surface area is 107 Å². The van der Waals surface area contributed by atoms with Crippen molar-refractivity contribution in [3.63, 3.8) is 0 Å².